The molecule has 1 aliphatic heterocycles. The summed E-state index contributed by atoms with van der Waals surface area (Å²) in [7, 11) is 0. The van der Waals surface area contributed by atoms with Crippen LogP contribution in [0.15, 0.2) is 24.3 Å². The Kier molecular flexibility index (Phi) is 4.89. The predicted molar refractivity (Wildman–Crippen MR) is 87.9 cm³/mol. The van der Waals surface area contributed by atoms with Gasteiger partial charge in [0.15, 0.2) is 0 Å². The van der Waals surface area contributed by atoms with Gasteiger partial charge in [0.1, 0.15) is 6.04 Å². The summed E-state index contributed by atoms with van der Waals surface area (Å²) in [6.07, 6.45) is 2.11. The number of benzene rings is 1. The molecular weight excluding hydrogens is 276 g/mol. The molecule has 120 valence electrons. The van der Waals surface area contributed by atoms with Crippen LogP contribution in [0, 0.1) is 0 Å². The van der Waals surface area contributed by atoms with Crippen LogP contribution in [0.5, 0.6) is 0 Å². The van der Waals surface area contributed by atoms with Crippen molar-refractivity contribution in [1.82, 2.24) is 10.2 Å². The van der Waals surface area contributed by atoms with Gasteiger partial charge in [0.2, 0.25) is 5.91 Å². The lowest BCUT2D eigenvalue weighted by molar-refractivity contribution is -0.131. The Bertz CT molecular complexity index is 537. The van der Waals surface area contributed by atoms with Crippen molar-refractivity contribution in [3.63, 3.8) is 0 Å². The number of carbonyl (C=O) groups excluding carboxylic acids is 2. The van der Waals surface area contributed by atoms with E-state index in [1.165, 1.54) is 5.56 Å². The Balaban J connectivity index is 1.98. The Hall–Kier alpha value is -1.84. The zero-order chi connectivity index (χ0) is 16.3. The van der Waals surface area contributed by atoms with Crippen molar-refractivity contribution in [2.75, 3.05) is 13.1 Å². The molecule has 1 aromatic rings. The lowest BCUT2D eigenvalue weighted by Crippen LogP contribution is -2.45. The zero-order valence-corrected chi connectivity index (χ0v) is 14.0. The Morgan fingerprint density at radius 2 is 1.64 bits per heavy atom. The molecule has 2 rings (SSSR count). The molecule has 2 amide bonds. The smallest absolute Gasteiger partial charge is 0.251 e. The molecule has 0 saturated carbocycles. The molecule has 0 radical (unpaired) electrons. The van der Waals surface area contributed by atoms with Crippen LogP contribution in [-0.4, -0.2) is 35.8 Å². The van der Waals surface area contributed by atoms with Gasteiger partial charge in [-0.15, -0.1) is 0 Å². The first-order valence-electron chi connectivity index (χ1n) is 7.99. The highest BCUT2D eigenvalue weighted by Crippen LogP contribution is 2.22. The minimum absolute atomic E-state index is 0.0113. The van der Waals surface area contributed by atoms with Crippen LogP contribution in [0.4, 0.5) is 0 Å². The third-order valence-electron chi connectivity index (χ3n) is 4.15. The van der Waals surface area contributed by atoms with E-state index >= 15 is 0 Å². The molecule has 4 nitrogen and oxygen atoms in total. The van der Waals surface area contributed by atoms with Crippen molar-refractivity contribution in [2.24, 2.45) is 0 Å². The van der Waals surface area contributed by atoms with Crippen LogP contribution in [-0.2, 0) is 10.2 Å². The van der Waals surface area contributed by atoms with E-state index in [0.29, 0.717) is 5.56 Å². The lowest BCUT2D eigenvalue weighted by Gasteiger charge is -2.21. The van der Waals surface area contributed by atoms with E-state index in [9.17, 15) is 9.59 Å². The number of nitrogens with one attached hydrogen (secondary N) is 1. The monoisotopic (exact) mass is 302 g/mol. The minimum atomic E-state index is -0.479. The molecule has 4 heteroatoms. The fraction of sp³-hybridized carbons (Fsp3) is 0.556. The summed E-state index contributed by atoms with van der Waals surface area (Å²) in [4.78, 5) is 26.3. The standard InChI is InChI=1S/C18H26N2O2/c1-13(17(22)20-11-5-6-12-20)19-16(21)14-7-9-15(10-8-14)18(2,3)4/h7-10,13H,5-6,11-12H2,1-4H3,(H,19,21)/t13-/m1/s1. The van der Waals surface area contributed by atoms with Gasteiger partial charge in [0, 0.05) is 18.7 Å². The highest BCUT2D eigenvalue weighted by Gasteiger charge is 2.24. The number of likely N-dealkylation sites (tertiary alicyclic amines) is 1. The maximum Gasteiger partial charge on any atom is 0.251 e. The number of amides is 2. The maximum atomic E-state index is 12.3. The molecule has 1 aliphatic rings. The van der Waals surface area contributed by atoms with Gasteiger partial charge in [-0.3, -0.25) is 9.59 Å². The van der Waals surface area contributed by atoms with Crippen molar-refractivity contribution in [2.45, 2.75) is 52.0 Å². The summed E-state index contributed by atoms with van der Waals surface area (Å²) in [6.45, 7) is 9.78. The molecule has 0 bridgehead atoms. The zero-order valence-electron chi connectivity index (χ0n) is 14.0. The van der Waals surface area contributed by atoms with Gasteiger partial charge in [-0.2, -0.15) is 0 Å². The molecule has 0 unspecified atom stereocenters. The Morgan fingerprint density at radius 3 is 2.14 bits per heavy atom. The summed E-state index contributed by atoms with van der Waals surface area (Å²) in [5.74, 6) is -0.183. The second kappa shape index (κ2) is 6.51. The first kappa shape index (κ1) is 16.5. The quantitative estimate of drug-likeness (QED) is 0.933. The van der Waals surface area contributed by atoms with Crippen molar-refractivity contribution in [3.05, 3.63) is 35.4 Å². The van der Waals surface area contributed by atoms with Gasteiger partial charge in [0.25, 0.3) is 5.91 Å². The molecule has 22 heavy (non-hydrogen) atoms. The van der Waals surface area contributed by atoms with Crippen LogP contribution in [0.3, 0.4) is 0 Å². The van der Waals surface area contributed by atoms with E-state index in [2.05, 4.69) is 26.1 Å². The molecule has 1 fully saturated rings. The summed E-state index contributed by atoms with van der Waals surface area (Å²) in [5, 5.41) is 2.80. The van der Waals surface area contributed by atoms with Crippen LogP contribution in [0.1, 0.15) is 56.5 Å². The highest BCUT2D eigenvalue weighted by molar-refractivity contribution is 5.97. The van der Waals surface area contributed by atoms with Crippen molar-refractivity contribution in [1.29, 1.82) is 0 Å². The SMILES string of the molecule is C[C@@H](NC(=O)c1ccc(C(C)(C)C)cc1)C(=O)N1CCCC1. The molecule has 1 saturated heterocycles. The number of nitrogens with zero attached hydrogens (tertiary/aromatic N) is 1. The van der Waals surface area contributed by atoms with Gasteiger partial charge < -0.3 is 10.2 Å². The van der Waals surface area contributed by atoms with E-state index in [1.54, 1.807) is 6.92 Å². The molecular formula is C18H26N2O2. The normalized spacial score (nSPS) is 16.5. The van der Waals surface area contributed by atoms with E-state index in [0.717, 1.165) is 25.9 Å². The van der Waals surface area contributed by atoms with E-state index in [-0.39, 0.29) is 17.2 Å². The number of rotatable bonds is 3. The fourth-order valence-corrected chi connectivity index (χ4v) is 2.67. The third kappa shape index (κ3) is 3.87. The van der Waals surface area contributed by atoms with Crippen molar-refractivity contribution < 1.29 is 9.59 Å². The Labute approximate surface area is 132 Å². The van der Waals surface area contributed by atoms with E-state index < -0.39 is 6.04 Å². The first-order valence-corrected chi connectivity index (χ1v) is 7.99. The van der Waals surface area contributed by atoms with E-state index in [4.69, 9.17) is 0 Å². The first-order chi connectivity index (χ1) is 10.3. The second-order valence-electron chi connectivity index (χ2n) is 7.05. The summed E-state index contributed by atoms with van der Waals surface area (Å²) in [6, 6.07) is 7.11. The molecule has 0 aliphatic carbocycles. The van der Waals surface area contributed by atoms with Gasteiger partial charge in [-0.05, 0) is 42.9 Å². The third-order valence-corrected chi connectivity index (χ3v) is 4.15. The van der Waals surface area contributed by atoms with Crippen molar-refractivity contribution >= 4 is 11.8 Å². The number of carbonyl (C=O) groups is 2. The van der Waals surface area contributed by atoms with Crippen LogP contribution in [0.25, 0.3) is 0 Å². The van der Waals surface area contributed by atoms with Gasteiger partial charge in [-0.1, -0.05) is 32.9 Å². The second-order valence-corrected chi connectivity index (χ2v) is 7.05. The van der Waals surface area contributed by atoms with Gasteiger partial charge in [-0.25, -0.2) is 0 Å². The summed E-state index contributed by atoms with van der Waals surface area (Å²) >= 11 is 0. The van der Waals surface area contributed by atoms with Crippen LogP contribution >= 0.6 is 0 Å². The van der Waals surface area contributed by atoms with Crippen LogP contribution in [0.2, 0.25) is 0 Å². The van der Waals surface area contributed by atoms with Crippen molar-refractivity contribution in [3.8, 4) is 0 Å². The van der Waals surface area contributed by atoms with Gasteiger partial charge in [0.05, 0.1) is 0 Å². The average Bonchev–Trinajstić information content (AvgIpc) is 2.99. The Morgan fingerprint density at radius 1 is 1.09 bits per heavy atom. The van der Waals surface area contributed by atoms with Crippen LogP contribution < -0.4 is 5.32 Å². The summed E-state index contributed by atoms with van der Waals surface area (Å²) < 4.78 is 0. The predicted octanol–water partition coefficient (Wildman–Crippen LogP) is 2.72. The topological polar surface area (TPSA) is 49.4 Å². The molecule has 1 heterocycles. The van der Waals surface area contributed by atoms with Gasteiger partial charge >= 0.3 is 0 Å². The molecule has 1 atom stereocenters. The maximum absolute atomic E-state index is 12.3. The molecule has 1 N–H and O–H groups in total. The van der Waals surface area contributed by atoms with E-state index in [1.807, 2.05) is 29.2 Å². The lowest BCUT2D eigenvalue weighted by atomic mass is 9.86. The molecule has 0 spiro atoms. The average molecular weight is 302 g/mol. The fourth-order valence-electron chi connectivity index (χ4n) is 2.67. The number of hydrogen-bond acceptors (Lipinski definition) is 2. The molecule has 0 aromatic heterocycles. The number of hydrogen-bond donors (Lipinski definition) is 1. The highest BCUT2D eigenvalue weighted by atomic mass is 16.2. The minimum Gasteiger partial charge on any atom is -0.341 e. The molecule has 1 aromatic carbocycles. The largest absolute Gasteiger partial charge is 0.341 e. The summed E-state index contributed by atoms with van der Waals surface area (Å²) in [5.41, 5.74) is 1.84.